The fourth-order valence-electron chi connectivity index (χ4n) is 4.21. The van der Waals surface area contributed by atoms with Crippen LogP contribution in [0.3, 0.4) is 0 Å². The van der Waals surface area contributed by atoms with Gasteiger partial charge in [0.1, 0.15) is 11.6 Å². The molecule has 0 radical (unpaired) electrons. The number of rotatable bonds is 3. The van der Waals surface area contributed by atoms with Gasteiger partial charge in [0.05, 0.1) is 18.0 Å². The van der Waals surface area contributed by atoms with Gasteiger partial charge in [0.25, 0.3) is 5.91 Å². The summed E-state index contributed by atoms with van der Waals surface area (Å²) in [5, 5.41) is 0. The molecule has 1 saturated heterocycles. The molecule has 4 nitrogen and oxygen atoms in total. The Morgan fingerprint density at radius 1 is 1.00 bits per heavy atom. The number of hydrogen-bond donors (Lipinski definition) is 0. The average Bonchev–Trinajstić information content (AvgIpc) is 3.23. The summed E-state index contributed by atoms with van der Waals surface area (Å²) >= 11 is 1.24. The van der Waals surface area contributed by atoms with Gasteiger partial charge in [0.2, 0.25) is 10.8 Å². The van der Waals surface area contributed by atoms with Crippen molar-refractivity contribution in [2.75, 3.05) is 15.6 Å². The smallest absolute Gasteiger partial charge is 0.269 e. The Morgan fingerprint density at radius 2 is 1.74 bits per heavy atom. The topological polar surface area (TPSA) is 40.6 Å². The average molecular weight is 436 g/mol. The Balaban J connectivity index is 1.63. The highest BCUT2D eigenvalue weighted by molar-refractivity contribution is 8.02. The first-order valence-electron chi connectivity index (χ1n) is 9.81. The van der Waals surface area contributed by atoms with Crippen LogP contribution in [0.2, 0.25) is 0 Å². The normalized spacial score (nSPS) is 20.1. The summed E-state index contributed by atoms with van der Waals surface area (Å²) in [4.78, 5) is 28.6. The number of anilines is 2. The molecule has 0 bridgehead atoms. The van der Waals surface area contributed by atoms with E-state index in [1.165, 1.54) is 34.9 Å². The number of thioether (sulfide) groups is 1. The first-order chi connectivity index (χ1) is 14.9. The second kappa shape index (κ2) is 7.20. The highest BCUT2D eigenvalue weighted by Crippen LogP contribution is 2.56. The van der Waals surface area contributed by atoms with E-state index in [1.54, 1.807) is 36.1 Å². The minimum atomic E-state index is -1.30. The number of para-hydroxylation sites is 1. The van der Waals surface area contributed by atoms with Crippen LogP contribution >= 0.6 is 11.8 Å². The zero-order valence-corrected chi connectivity index (χ0v) is 17.5. The standard InChI is InChI=1S/C24H18F2N2O2S/c1-15-6-11-18(12-20(15)26)28-22(29)14-31-24(28)19-4-2-3-5-21(19)27(23(24)30)13-16-7-9-17(25)10-8-16/h2-12H,13-14H2,1H3/t24-/m0/s1. The van der Waals surface area contributed by atoms with Gasteiger partial charge in [-0.1, -0.05) is 36.4 Å². The summed E-state index contributed by atoms with van der Waals surface area (Å²) in [7, 11) is 0. The summed E-state index contributed by atoms with van der Waals surface area (Å²) in [6.45, 7) is 1.89. The Labute approximate surface area is 182 Å². The monoisotopic (exact) mass is 436 g/mol. The van der Waals surface area contributed by atoms with Crippen molar-refractivity contribution in [2.24, 2.45) is 0 Å². The summed E-state index contributed by atoms with van der Waals surface area (Å²) < 4.78 is 27.7. The summed E-state index contributed by atoms with van der Waals surface area (Å²) in [6, 6.07) is 17.9. The van der Waals surface area contributed by atoms with E-state index in [9.17, 15) is 18.4 Å². The molecule has 0 aromatic heterocycles. The van der Waals surface area contributed by atoms with Crippen LogP contribution < -0.4 is 9.80 Å². The molecule has 2 amide bonds. The number of nitrogens with zero attached hydrogens (tertiary/aromatic N) is 2. The molecule has 2 heterocycles. The predicted octanol–water partition coefficient (Wildman–Crippen LogP) is 4.75. The van der Waals surface area contributed by atoms with Crippen molar-refractivity contribution in [1.82, 2.24) is 0 Å². The van der Waals surface area contributed by atoms with Crippen molar-refractivity contribution in [1.29, 1.82) is 0 Å². The molecule has 1 atom stereocenters. The van der Waals surface area contributed by atoms with Gasteiger partial charge in [-0.05, 0) is 48.4 Å². The van der Waals surface area contributed by atoms with Gasteiger partial charge in [0, 0.05) is 11.3 Å². The van der Waals surface area contributed by atoms with Gasteiger partial charge in [-0.2, -0.15) is 0 Å². The molecule has 0 aliphatic carbocycles. The molecule has 1 fully saturated rings. The second-order valence-corrected chi connectivity index (χ2v) is 8.80. The predicted molar refractivity (Wildman–Crippen MR) is 117 cm³/mol. The molecule has 5 rings (SSSR count). The third-order valence-electron chi connectivity index (χ3n) is 5.73. The zero-order valence-electron chi connectivity index (χ0n) is 16.6. The Kier molecular flexibility index (Phi) is 4.59. The Hall–Kier alpha value is -3.19. The lowest BCUT2D eigenvalue weighted by Gasteiger charge is -2.33. The third kappa shape index (κ3) is 2.95. The van der Waals surface area contributed by atoms with Crippen molar-refractivity contribution in [3.63, 3.8) is 0 Å². The van der Waals surface area contributed by atoms with Crippen LogP contribution in [0.15, 0.2) is 66.7 Å². The van der Waals surface area contributed by atoms with Crippen LogP contribution in [-0.4, -0.2) is 17.6 Å². The van der Waals surface area contributed by atoms with Gasteiger partial charge in [-0.3, -0.25) is 14.5 Å². The molecule has 3 aromatic rings. The van der Waals surface area contributed by atoms with E-state index < -0.39 is 10.7 Å². The molecule has 3 aromatic carbocycles. The number of amides is 2. The van der Waals surface area contributed by atoms with E-state index in [2.05, 4.69) is 0 Å². The van der Waals surface area contributed by atoms with Crippen molar-refractivity contribution in [2.45, 2.75) is 18.3 Å². The number of carbonyl (C=O) groups is 2. The lowest BCUT2D eigenvalue weighted by Crippen LogP contribution is -2.49. The molecule has 2 aliphatic rings. The fraction of sp³-hybridized carbons (Fsp3) is 0.167. The SMILES string of the molecule is Cc1ccc(N2C(=O)CS[C@@]23C(=O)N(Cc2ccc(F)cc2)c2ccccc23)cc1F. The van der Waals surface area contributed by atoms with Crippen LogP contribution in [0.5, 0.6) is 0 Å². The largest absolute Gasteiger partial charge is 0.304 e. The fourth-order valence-corrected chi connectivity index (χ4v) is 5.57. The molecule has 0 saturated carbocycles. The molecular formula is C24H18F2N2O2S. The van der Waals surface area contributed by atoms with Crippen molar-refractivity contribution < 1.29 is 18.4 Å². The van der Waals surface area contributed by atoms with E-state index >= 15 is 0 Å². The Bertz CT molecular complexity index is 1210. The van der Waals surface area contributed by atoms with Gasteiger partial charge in [-0.25, -0.2) is 8.78 Å². The third-order valence-corrected chi connectivity index (χ3v) is 7.12. The highest BCUT2D eigenvalue weighted by atomic mass is 32.2. The number of halogens is 2. The maximum absolute atomic E-state index is 14.4. The van der Waals surface area contributed by atoms with Crippen LogP contribution in [0.1, 0.15) is 16.7 Å². The van der Waals surface area contributed by atoms with Crippen molar-refractivity contribution >= 4 is 35.0 Å². The summed E-state index contributed by atoms with van der Waals surface area (Å²) in [5.74, 6) is -1.19. The van der Waals surface area contributed by atoms with Crippen LogP contribution in [-0.2, 0) is 21.0 Å². The minimum Gasteiger partial charge on any atom is -0.304 e. The quantitative estimate of drug-likeness (QED) is 0.595. The van der Waals surface area contributed by atoms with E-state index in [0.29, 0.717) is 22.5 Å². The first-order valence-corrected chi connectivity index (χ1v) is 10.8. The molecular weight excluding hydrogens is 418 g/mol. The Morgan fingerprint density at radius 3 is 2.48 bits per heavy atom. The maximum Gasteiger partial charge on any atom is 0.269 e. The molecule has 31 heavy (non-hydrogen) atoms. The van der Waals surface area contributed by atoms with Gasteiger partial charge in [-0.15, -0.1) is 11.8 Å². The number of benzene rings is 3. The summed E-state index contributed by atoms with van der Waals surface area (Å²) in [6.07, 6.45) is 0. The maximum atomic E-state index is 14.4. The highest BCUT2D eigenvalue weighted by Gasteiger charge is 2.60. The van der Waals surface area contributed by atoms with Crippen LogP contribution in [0.25, 0.3) is 0 Å². The van der Waals surface area contributed by atoms with Gasteiger partial charge < -0.3 is 4.90 Å². The molecule has 156 valence electrons. The van der Waals surface area contributed by atoms with Crippen LogP contribution in [0, 0.1) is 18.6 Å². The molecule has 0 unspecified atom stereocenters. The lowest BCUT2D eigenvalue weighted by atomic mass is 10.0. The van der Waals surface area contributed by atoms with Crippen molar-refractivity contribution in [3.05, 3.63) is 95.1 Å². The minimum absolute atomic E-state index is 0.111. The first kappa shape index (κ1) is 19.8. The number of carbonyl (C=O) groups excluding carboxylic acids is 2. The molecule has 1 spiro atoms. The van der Waals surface area contributed by atoms with Crippen molar-refractivity contribution in [3.8, 4) is 0 Å². The molecule has 2 aliphatic heterocycles. The van der Waals surface area contributed by atoms with E-state index in [-0.39, 0.29) is 29.9 Å². The van der Waals surface area contributed by atoms with E-state index in [1.807, 2.05) is 24.3 Å². The molecule has 7 heteroatoms. The lowest BCUT2D eigenvalue weighted by molar-refractivity contribution is -0.123. The number of aryl methyl sites for hydroxylation is 1. The zero-order chi connectivity index (χ0) is 21.8. The van der Waals surface area contributed by atoms with Gasteiger partial charge in [0.15, 0.2) is 0 Å². The van der Waals surface area contributed by atoms with E-state index in [0.717, 1.165) is 5.56 Å². The molecule has 0 N–H and O–H groups in total. The number of fused-ring (bicyclic) bond motifs is 2. The second-order valence-electron chi connectivity index (χ2n) is 7.63. The van der Waals surface area contributed by atoms with Gasteiger partial charge >= 0.3 is 0 Å². The van der Waals surface area contributed by atoms with E-state index in [4.69, 9.17) is 0 Å². The summed E-state index contributed by atoms with van der Waals surface area (Å²) in [5.41, 5.74) is 2.97. The number of hydrogen-bond acceptors (Lipinski definition) is 3. The van der Waals surface area contributed by atoms with Crippen LogP contribution in [0.4, 0.5) is 20.2 Å².